The molecule has 0 saturated heterocycles. The van der Waals surface area contributed by atoms with Gasteiger partial charge in [-0.05, 0) is 17.2 Å². The molecule has 1 nitrogen and oxygen atoms in total. The molecule has 0 atom stereocenters. The Morgan fingerprint density at radius 2 is 1.47 bits per heavy atom. The minimum absolute atomic E-state index is 0.279. The molecule has 1 heterocycles. The summed E-state index contributed by atoms with van der Waals surface area (Å²) in [6.45, 7) is 11.5. The van der Waals surface area contributed by atoms with E-state index in [1.54, 1.807) is 0 Å². The summed E-state index contributed by atoms with van der Waals surface area (Å²) < 4.78 is 0. The maximum atomic E-state index is 5.93. The van der Waals surface area contributed by atoms with Gasteiger partial charge in [-0.1, -0.05) is 62.3 Å². The molecule has 0 radical (unpaired) electrons. The average molecular weight is 262 g/mol. The van der Waals surface area contributed by atoms with Crippen molar-refractivity contribution < 1.29 is 0 Å². The zero-order valence-electron chi connectivity index (χ0n) is 9.86. The van der Waals surface area contributed by atoms with Crippen LogP contribution in [0.5, 0.6) is 0 Å². The van der Waals surface area contributed by atoms with Gasteiger partial charge >= 0.3 is 0 Å². The van der Waals surface area contributed by atoms with E-state index >= 15 is 0 Å². The number of nitrogens with zero attached hydrogens (tertiary/aromatic N) is 1. The van der Waals surface area contributed by atoms with Crippen molar-refractivity contribution in [1.29, 1.82) is 0 Å². The minimum atomic E-state index is -1.55. The van der Waals surface area contributed by atoms with E-state index in [-0.39, 0.29) is 5.04 Å². The topological polar surface area (TPSA) is 12.9 Å². The third-order valence-electron chi connectivity index (χ3n) is 3.36. The van der Waals surface area contributed by atoms with E-state index in [9.17, 15) is 0 Å². The Morgan fingerprint density at radius 3 is 1.80 bits per heavy atom. The van der Waals surface area contributed by atoms with Crippen molar-refractivity contribution >= 4 is 36.5 Å². The lowest BCUT2D eigenvalue weighted by Gasteiger charge is -2.37. The second kappa shape index (κ2) is 4.08. The molecule has 1 aromatic heterocycles. The predicted octanol–water partition coefficient (Wildman–Crippen LogP) is 4.10. The highest BCUT2D eigenvalue weighted by Crippen LogP contribution is 2.35. The van der Waals surface area contributed by atoms with Gasteiger partial charge in [0, 0.05) is 0 Å². The molecule has 0 spiro atoms. The highest BCUT2D eigenvalue weighted by Gasteiger charge is 2.37. The monoisotopic (exact) mass is 261 g/mol. The standard InChI is InChI=1S/C11H17Cl2NSi/c1-11(2,3)15(4,5)8-6-9(12)14-10(13)7-8/h6-7H,1-5H3. The lowest BCUT2D eigenvalue weighted by molar-refractivity contribution is 0.729. The van der Waals surface area contributed by atoms with Crippen LogP contribution >= 0.6 is 23.2 Å². The van der Waals surface area contributed by atoms with E-state index in [1.165, 1.54) is 5.19 Å². The Kier molecular flexibility index (Phi) is 3.54. The molecule has 0 fully saturated rings. The maximum absolute atomic E-state index is 5.93. The molecule has 1 aromatic rings. The molecule has 0 bridgehead atoms. The van der Waals surface area contributed by atoms with Crippen molar-refractivity contribution in [2.45, 2.75) is 38.9 Å². The number of rotatable bonds is 1. The van der Waals surface area contributed by atoms with Crippen LogP contribution in [0.25, 0.3) is 0 Å². The number of aromatic nitrogens is 1. The summed E-state index contributed by atoms with van der Waals surface area (Å²) >= 11 is 11.9. The van der Waals surface area contributed by atoms with Crippen LogP contribution in [0.15, 0.2) is 12.1 Å². The van der Waals surface area contributed by atoms with Crippen molar-refractivity contribution in [1.82, 2.24) is 4.98 Å². The Morgan fingerprint density at radius 1 is 1.07 bits per heavy atom. The van der Waals surface area contributed by atoms with Crippen molar-refractivity contribution in [3.63, 3.8) is 0 Å². The van der Waals surface area contributed by atoms with Crippen LogP contribution in [0, 0.1) is 0 Å². The van der Waals surface area contributed by atoms with Gasteiger partial charge < -0.3 is 0 Å². The third-order valence-corrected chi connectivity index (χ3v) is 9.23. The number of hydrogen-bond acceptors (Lipinski definition) is 1. The number of hydrogen-bond donors (Lipinski definition) is 0. The summed E-state index contributed by atoms with van der Waals surface area (Å²) in [5.41, 5.74) is 0. The van der Waals surface area contributed by atoms with E-state index in [1.807, 2.05) is 12.1 Å². The van der Waals surface area contributed by atoms with Crippen molar-refractivity contribution in [2.75, 3.05) is 0 Å². The van der Waals surface area contributed by atoms with Crippen LogP contribution in [-0.4, -0.2) is 13.1 Å². The minimum Gasteiger partial charge on any atom is -0.224 e. The molecule has 15 heavy (non-hydrogen) atoms. The van der Waals surface area contributed by atoms with Gasteiger partial charge in [0.1, 0.15) is 10.3 Å². The highest BCUT2D eigenvalue weighted by atomic mass is 35.5. The summed E-state index contributed by atoms with van der Waals surface area (Å²) in [5, 5.41) is 2.52. The maximum Gasteiger partial charge on any atom is 0.130 e. The fourth-order valence-electron chi connectivity index (χ4n) is 1.26. The highest BCUT2D eigenvalue weighted by molar-refractivity contribution is 6.92. The molecule has 0 amide bonds. The normalized spacial score (nSPS) is 13.0. The first-order valence-electron chi connectivity index (χ1n) is 4.98. The van der Waals surface area contributed by atoms with Crippen molar-refractivity contribution in [3.8, 4) is 0 Å². The summed E-state index contributed by atoms with van der Waals surface area (Å²) in [6, 6.07) is 3.90. The Labute approximate surface area is 103 Å². The smallest absolute Gasteiger partial charge is 0.130 e. The first-order valence-corrected chi connectivity index (χ1v) is 8.74. The third kappa shape index (κ3) is 2.74. The molecule has 4 heteroatoms. The molecule has 0 aliphatic heterocycles. The average Bonchev–Trinajstić information content (AvgIpc) is 1.99. The van der Waals surface area contributed by atoms with Gasteiger partial charge in [0.05, 0.1) is 8.07 Å². The summed E-state index contributed by atoms with van der Waals surface area (Å²) in [6.07, 6.45) is 0. The van der Waals surface area contributed by atoms with Crippen LogP contribution in [-0.2, 0) is 0 Å². The Bertz CT molecular complexity index is 349. The molecule has 0 aromatic carbocycles. The molecular formula is C11H17Cl2NSi. The van der Waals surface area contributed by atoms with Crippen molar-refractivity contribution in [2.24, 2.45) is 0 Å². The van der Waals surface area contributed by atoms with E-state index in [2.05, 4.69) is 38.8 Å². The van der Waals surface area contributed by atoms with Crippen LogP contribution in [0.4, 0.5) is 0 Å². The fourth-order valence-corrected chi connectivity index (χ4v) is 3.76. The van der Waals surface area contributed by atoms with Gasteiger partial charge in [0.15, 0.2) is 0 Å². The van der Waals surface area contributed by atoms with Crippen molar-refractivity contribution in [3.05, 3.63) is 22.4 Å². The van der Waals surface area contributed by atoms with E-state index in [4.69, 9.17) is 23.2 Å². The SMILES string of the molecule is CC(C)(C)[Si](C)(C)c1cc(Cl)nc(Cl)c1. The van der Waals surface area contributed by atoms with Crippen LogP contribution in [0.2, 0.25) is 28.4 Å². The first-order chi connectivity index (χ1) is 6.64. The Hall–Kier alpha value is -0.0531. The van der Waals surface area contributed by atoms with Gasteiger partial charge in [-0.2, -0.15) is 0 Å². The largest absolute Gasteiger partial charge is 0.224 e. The molecule has 0 N–H and O–H groups in total. The second-order valence-corrected chi connectivity index (χ2v) is 11.5. The molecule has 1 rings (SSSR count). The summed E-state index contributed by atoms with van der Waals surface area (Å²) in [4.78, 5) is 3.98. The van der Waals surface area contributed by atoms with Gasteiger partial charge in [-0.3, -0.25) is 0 Å². The first kappa shape index (κ1) is 13.0. The van der Waals surface area contributed by atoms with E-state index in [0.29, 0.717) is 10.3 Å². The van der Waals surface area contributed by atoms with E-state index < -0.39 is 8.07 Å². The number of pyridine rings is 1. The van der Waals surface area contributed by atoms with Crippen LogP contribution < -0.4 is 5.19 Å². The van der Waals surface area contributed by atoms with Crippen LogP contribution in [0.3, 0.4) is 0 Å². The molecule has 0 aliphatic carbocycles. The fraction of sp³-hybridized carbons (Fsp3) is 0.545. The van der Waals surface area contributed by atoms with Gasteiger partial charge in [-0.15, -0.1) is 0 Å². The van der Waals surface area contributed by atoms with Crippen LogP contribution in [0.1, 0.15) is 20.8 Å². The van der Waals surface area contributed by atoms with Gasteiger partial charge in [0.2, 0.25) is 0 Å². The lowest BCUT2D eigenvalue weighted by atomic mass is 10.2. The summed E-state index contributed by atoms with van der Waals surface area (Å²) in [7, 11) is -1.55. The molecular weight excluding hydrogens is 245 g/mol. The zero-order chi connectivity index (χ0) is 11.9. The van der Waals surface area contributed by atoms with Gasteiger partial charge in [-0.25, -0.2) is 4.98 Å². The molecule has 0 unspecified atom stereocenters. The second-order valence-electron chi connectivity index (χ2n) is 5.38. The Balaban J connectivity index is 3.27. The lowest BCUT2D eigenvalue weighted by Crippen LogP contribution is -2.49. The van der Waals surface area contributed by atoms with E-state index in [0.717, 1.165) is 0 Å². The quantitative estimate of drug-likeness (QED) is 0.548. The predicted molar refractivity (Wildman–Crippen MR) is 71.1 cm³/mol. The molecule has 0 aliphatic rings. The molecule has 0 saturated carbocycles. The summed E-state index contributed by atoms with van der Waals surface area (Å²) in [5.74, 6) is 0. The molecule has 84 valence electrons. The number of halogens is 2. The van der Waals surface area contributed by atoms with Gasteiger partial charge in [0.25, 0.3) is 0 Å². The zero-order valence-corrected chi connectivity index (χ0v) is 12.4.